The number of pyridine rings is 1. The Bertz CT molecular complexity index is 1600. The lowest BCUT2D eigenvalue weighted by Gasteiger charge is -2.20. The largest absolute Gasteiger partial charge is 0.493 e. The number of aryl methyl sites for hydroxylation is 2. The van der Waals surface area contributed by atoms with E-state index in [4.69, 9.17) is 24.0 Å². The molecule has 3 aromatic heterocycles. The van der Waals surface area contributed by atoms with Gasteiger partial charge in [-0.3, -0.25) is 4.98 Å². The number of ether oxygens (including phenoxy) is 2. The second kappa shape index (κ2) is 10.4. The molecular weight excluding hydrogens is 490 g/mol. The Morgan fingerprint density at radius 2 is 1.95 bits per heavy atom. The highest BCUT2D eigenvalue weighted by Gasteiger charge is 2.25. The Labute approximate surface area is 228 Å². The first kappa shape index (κ1) is 25.5. The van der Waals surface area contributed by atoms with Crippen LogP contribution in [0.5, 0.6) is 5.75 Å². The standard InChI is InChI=1S/C31H35N5O3/c1-19-30(21(3)39-34-19)25-13-26-24(14-28(25)38-17-22-11-12-35(4)16-22)31-27(15-32-26)33-29(18-37-5)36(31)20(2)23-9-7-6-8-10-23/h6-10,13-15,20,22H,11-12,16-18H2,1-5H3/t20-,22+/m1/s1. The lowest BCUT2D eigenvalue weighted by atomic mass is 10.00. The molecule has 2 atom stereocenters. The van der Waals surface area contributed by atoms with Crippen LogP contribution in [0, 0.1) is 19.8 Å². The molecule has 2 aromatic carbocycles. The van der Waals surface area contributed by atoms with Crippen molar-refractivity contribution in [3.63, 3.8) is 0 Å². The van der Waals surface area contributed by atoms with Gasteiger partial charge in [0.15, 0.2) is 0 Å². The first-order chi connectivity index (χ1) is 18.9. The maximum Gasteiger partial charge on any atom is 0.141 e. The average molecular weight is 526 g/mol. The van der Waals surface area contributed by atoms with Gasteiger partial charge >= 0.3 is 0 Å². The summed E-state index contributed by atoms with van der Waals surface area (Å²) in [6.07, 6.45) is 3.00. The summed E-state index contributed by atoms with van der Waals surface area (Å²) in [7, 11) is 3.87. The molecule has 4 heterocycles. The molecule has 0 amide bonds. The Hall–Kier alpha value is -3.75. The molecule has 6 rings (SSSR count). The van der Waals surface area contributed by atoms with Crippen LogP contribution in [-0.2, 0) is 11.3 Å². The molecule has 39 heavy (non-hydrogen) atoms. The molecule has 8 heteroatoms. The highest BCUT2D eigenvalue weighted by Crippen LogP contribution is 2.40. The van der Waals surface area contributed by atoms with Crippen LogP contribution in [-0.4, -0.2) is 58.4 Å². The van der Waals surface area contributed by atoms with Crippen molar-refractivity contribution >= 4 is 21.9 Å². The molecule has 1 aliphatic heterocycles. The van der Waals surface area contributed by atoms with Crippen molar-refractivity contribution < 1.29 is 14.0 Å². The van der Waals surface area contributed by atoms with E-state index in [9.17, 15) is 0 Å². The number of rotatable bonds is 8. The Balaban J connectivity index is 1.56. The number of likely N-dealkylation sites (tertiary alicyclic amines) is 1. The van der Waals surface area contributed by atoms with E-state index in [1.807, 2.05) is 26.1 Å². The van der Waals surface area contributed by atoms with Crippen LogP contribution in [0.25, 0.3) is 33.1 Å². The van der Waals surface area contributed by atoms with E-state index in [0.717, 1.165) is 75.6 Å². The van der Waals surface area contributed by atoms with Gasteiger partial charge in [-0.25, -0.2) is 4.98 Å². The van der Waals surface area contributed by atoms with Gasteiger partial charge in [0.1, 0.15) is 29.5 Å². The Morgan fingerprint density at radius 3 is 2.64 bits per heavy atom. The lowest BCUT2D eigenvalue weighted by molar-refractivity contribution is 0.174. The SMILES string of the molecule is COCc1nc2cnc3cc(-c4c(C)noc4C)c(OC[C@H]4CCN(C)C4)cc3c2n1[C@H](C)c1ccccc1. The number of hydrogen-bond acceptors (Lipinski definition) is 7. The summed E-state index contributed by atoms with van der Waals surface area (Å²) in [5, 5.41) is 5.22. The van der Waals surface area contributed by atoms with Crippen molar-refractivity contribution in [2.45, 2.75) is 39.8 Å². The van der Waals surface area contributed by atoms with E-state index in [0.29, 0.717) is 19.1 Å². The van der Waals surface area contributed by atoms with E-state index in [1.54, 1.807) is 7.11 Å². The van der Waals surface area contributed by atoms with Gasteiger partial charge < -0.3 is 23.5 Å². The molecule has 1 fully saturated rings. The Kier molecular flexibility index (Phi) is 6.83. The predicted octanol–water partition coefficient (Wildman–Crippen LogP) is 5.94. The summed E-state index contributed by atoms with van der Waals surface area (Å²) in [4.78, 5) is 12.2. The fourth-order valence-corrected chi connectivity index (χ4v) is 5.93. The van der Waals surface area contributed by atoms with Gasteiger partial charge in [-0.05, 0) is 58.5 Å². The van der Waals surface area contributed by atoms with E-state index < -0.39 is 0 Å². The molecule has 8 nitrogen and oxygen atoms in total. The molecule has 0 aliphatic carbocycles. The number of aromatic nitrogens is 4. The number of benzene rings is 2. The molecule has 0 radical (unpaired) electrons. The number of hydrogen-bond donors (Lipinski definition) is 0. The molecule has 1 aliphatic rings. The van der Waals surface area contributed by atoms with Crippen LogP contribution in [0.1, 0.15) is 42.2 Å². The van der Waals surface area contributed by atoms with Crippen LogP contribution in [0.2, 0.25) is 0 Å². The van der Waals surface area contributed by atoms with Gasteiger partial charge in [0.2, 0.25) is 0 Å². The van der Waals surface area contributed by atoms with Crippen LogP contribution in [0.4, 0.5) is 0 Å². The fourth-order valence-electron chi connectivity index (χ4n) is 5.93. The minimum atomic E-state index is 0.0487. The van der Waals surface area contributed by atoms with Crippen LogP contribution >= 0.6 is 0 Å². The number of methoxy groups -OCH3 is 1. The van der Waals surface area contributed by atoms with E-state index in [-0.39, 0.29) is 6.04 Å². The van der Waals surface area contributed by atoms with E-state index in [1.165, 1.54) is 5.56 Å². The first-order valence-corrected chi connectivity index (χ1v) is 13.6. The van der Waals surface area contributed by atoms with Gasteiger partial charge in [-0.1, -0.05) is 35.5 Å². The second-order valence-electron chi connectivity index (χ2n) is 10.7. The minimum Gasteiger partial charge on any atom is -0.493 e. The third kappa shape index (κ3) is 4.68. The molecule has 0 bridgehead atoms. The third-order valence-corrected chi connectivity index (χ3v) is 7.90. The number of imidazole rings is 1. The highest BCUT2D eigenvalue weighted by molar-refractivity contribution is 6.05. The van der Waals surface area contributed by atoms with Gasteiger partial charge in [0, 0.05) is 30.5 Å². The zero-order valence-corrected chi connectivity index (χ0v) is 23.3. The Morgan fingerprint density at radius 1 is 1.13 bits per heavy atom. The van der Waals surface area contributed by atoms with Crippen molar-refractivity contribution in [3.05, 3.63) is 71.5 Å². The lowest BCUT2D eigenvalue weighted by Crippen LogP contribution is -2.18. The summed E-state index contributed by atoms with van der Waals surface area (Å²) in [5.41, 5.74) is 6.69. The summed E-state index contributed by atoms with van der Waals surface area (Å²) >= 11 is 0. The zero-order chi connectivity index (χ0) is 27.1. The molecule has 202 valence electrons. The first-order valence-electron chi connectivity index (χ1n) is 13.6. The van der Waals surface area contributed by atoms with Crippen molar-refractivity contribution in [2.24, 2.45) is 5.92 Å². The molecule has 0 saturated carbocycles. The smallest absolute Gasteiger partial charge is 0.141 e. The molecule has 0 spiro atoms. The van der Waals surface area contributed by atoms with Crippen molar-refractivity contribution in [2.75, 3.05) is 33.9 Å². The van der Waals surface area contributed by atoms with Crippen molar-refractivity contribution in [1.29, 1.82) is 0 Å². The molecule has 5 aromatic rings. The van der Waals surface area contributed by atoms with Gasteiger partial charge in [-0.15, -0.1) is 0 Å². The minimum absolute atomic E-state index is 0.0487. The maximum absolute atomic E-state index is 6.62. The summed E-state index contributed by atoms with van der Waals surface area (Å²) in [5.74, 6) is 2.94. The van der Waals surface area contributed by atoms with Crippen LogP contribution in [0.15, 0.2) is 53.2 Å². The predicted molar refractivity (Wildman–Crippen MR) is 152 cm³/mol. The van der Waals surface area contributed by atoms with Crippen LogP contribution < -0.4 is 4.74 Å². The normalized spacial score (nSPS) is 16.9. The van der Waals surface area contributed by atoms with E-state index in [2.05, 4.69) is 65.0 Å². The maximum atomic E-state index is 6.62. The van der Waals surface area contributed by atoms with Crippen LogP contribution in [0.3, 0.4) is 0 Å². The average Bonchev–Trinajstić information content (AvgIpc) is 3.63. The van der Waals surface area contributed by atoms with Gasteiger partial charge in [0.05, 0.1) is 41.1 Å². The van der Waals surface area contributed by atoms with Crippen molar-refractivity contribution in [3.8, 4) is 16.9 Å². The second-order valence-corrected chi connectivity index (χ2v) is 10.7. The number of fused-ring (bicyclic) bond motifs is 3. The zero-order valence-electron chi connectivity index (χ0n) is 23.3. The molecule has 1 saturated heterocycles. The third-order valence-electron chi connectivity index (χ3n) is 7.90. The molecule has 0 N–H and O–H groups in total. The van der Waals surface area contributed by atoms with E-state index >= 15 is 0 Å². The number of nitrogens with zero attached hydrogens (tertiary/aromatic N) is 5. The van der Waals surface area contributed by atoms with Gasteiger partial charge in [-0.2, -0.15) is 0 Å². The highest BCUT2D eigenvalue weighted by atomic mass is 16.5. The van der Waals surface area contributed by atoms with Crippen molar-refractivity contribution in [1.82, 2.24) is 24.6 Å². The fraction of sp³-hybridized carbons (Fsp3) is 0.387. The topological polar surface area (TPSA) is 78.4 Å². The van der Waals surface area contributed by atoms with Gasteiger partial charge in [0.25, 0.3) is 0 Å². The summed E-state index contributed by atoms with van der Waals surface area (Å²) in [6.45, 7) is 9.32. The monoisotopic (exact) mass is 525 g/mol. The quantitative estimate of drug-likeness (QED) is 0.248. The summed E-state index contributed by atoms with van der Waals surface area (Å²) in [6, 6.07) is 14.8. The molecule has 0 unspecified atom stereocenters. The summed E-state index contributed by atoms with van der Waals surface area (Å²) < 4.78 is 20.0. The molecular formula is C31H35N5O3.